The van der Waals surface area contributed by atoms with Crippen molar-refractivity contribution in [3.05, 3.63) is 0 Å². The Kier molecular flexibility index (Phi) is 3.93. The first kappa shape index (κ1) is 10.2. The Labute approximate surface area is 79.6 Å². The first-order valence-corrected chi connectivity index (χ1v) is 5.06. The van der Waals surface area contributed by atoms with Crippen molar-refractivity contribution >= 4 is 11.6 Å². The van der Waals surface area contributed by atoms with Crippen LogP contribution in [-0.2, 0) is 4.79 Å². The first-order chi connectivity index (χ1) is 6.22. The molecule has 1 rings (SSSR count). The van der Waals surface area contributed by atoms with Crippen LogP contribution in [0.25, 0.3) is 0 Å². The Balaban J connectivity index is 2.37. The quantitative estimate of drug-likeness (QED) is 0.653. The van der Waals surface area contributed by atoms with Gasteiger partial charge >= 0.3 is 0 Å². The number of nitrogens with one attached hydrogen (secondary N) is 1. The third kappa shape index (κ3) is 3.57. The highest BCUT2D eigenvalue weighted by Gasteiger charge is 2.13. The van der Waals surface area contributed by atoms with Gasteiger partial charge in [-0.1, -0.05) is 13.8 Å². The Hall–Kier alpha value is -0.860. The molecule has 3 heteroatoms. The third-order valence-corrected chi connectivity index (χ3v) is 2.41. The zero-order valence-corrected chi connectivity index (χ0v) is 8.47. The van der Waals surface area contributed by atoms with E-state index in [-0.39, 0.29) is 5.91 Å². The van der Waals surface area contributed by atoms with E-state index < -0.39 is 0 Å². The molecule has 0 saturated heterocycles. The van der Waals surface area contributed by atoms with Gasteiger partial charge in [-0.25, -0.2) is 5.43 Å². The summed E-state index contributed by atoms with van der Waals surface area (Å²) in [7, 11) is 0. The fourth-order valence-electron chi connectivity index (χ4n) is 1.58. The second-order valence-electron chi connectivity index (χ2n) is 3.77. The van der Waals surface area contributed by atoms with Crippen molar-refractivity contribution in [2.24, 2.45) is 11.0 Å². The van der Waals surface area contributed by atoms with E-state index in [0.717, 1.165) is 24.5 Å². The van der Waals surface area contributed by atoms with Crippen molar-refractivity contribution in [3.8, 4) is 0 Å². The van der Waals surface area contributed by atoms with Crippen LogP contribution in [-0.4, -0.2) is 11.6 Å². The van der Waals surface area contributed by atoms with Gasteiger partial charge in [0.2, 0.25) is 5.91 Å². The molecule has 1 atom stereocenters. The topological polar surface area (TPSA) is 41.5 Å². The molecule has 1 N–H and O–H groups in total. The van der Waals surface area contributed by atoms with E-state index >= 15 is 0 Å². The number of rotatable bonds is 2. The molecular formula is C10H18N2O. The summed E-state index contributed by atoms with van der Waals surface area (Å²) in [5, 5.41) is 4.12. The smallest absolute Gasteiger partial charge is 0.239 e. The van der Waals surface area contributed by atoms with Gasteiger partial charge in [-0.15, -0.1) is 0 Å². The van der Waals surface area contributed by atoms with Crippen LogP contribution in [0.4, 0.5) is 0 Å². The van der Waals surface area contributed by atoms with E-state index in [9.17, 15) is 4.79 Å². The summed E-state index contributed by atoms with van der Waals surface area (Å²) < 4.78 is 0. The van der Waals surface area contributed by atoms with Crippen LogP contribution in [0.1, 0.15) is 46.0 Å². The van der Waals surface area contributed by atoms with E-state index in [1.54, 1.807) is 0 Å². The molecule has 3 nitrogen and oxygen atoms in total. The number of carbonyl (C=O) groups excluding carboxylic acids is 1. The van der Waals surface area contributed by atoms with Crippen molar-refractivity contribution in [1.29, 1.82) is 0 Å². The molecule has 74 valence electrons. The maximum atomic E-state index is 10.9. The average Bonchev–Trinajstić information content (AvgIpc) is 2.14. The normalized spacial score (nSPS) is 26.0. The van der Waals surface area contributed by atoms with E-state index in [4.69, 9.17) is 0 Å². The maximum Gasteiger partial charge on any atom is 0.239 e. The largest absolute Gasteiger partial charge is 0.273 e. The summed E-state index contributed by atoms with van der Waals surface area (Å²) in [6, 6.07) is 0. The minimum Gasteiger partial charge on any atom is -0.273 e. The molecule has 1 aliphatic carbocycles. The van der Waals surface area contributed by atoms with Crippen LogP contribution in [0.5, 0.6) is 0 Å². The predicted molar refractivity (Wildman–Crippen MR) is 53.5 cm³/mol. The molecule has 0 radical (unpaired) electrons. The van der Waals surface area contributed by atoms with E-state index in [0.29, 0.717) is 6.42 Å². The molecule has 0 spiro atoms. The van der Waals surface area contributed by atoms with Gasteiger partial charge in [0.25, 0.3) is 0 Å². The lowest BCUT2D eigenvalue weighted by Gasteiger charge is -2.18. The second kappa shape index (κ2) is 5.00. The molecule has 1 fully saturated rings. The lowest BCUT2D eigenvalue weighted by Crippen LogP contribution is -2.21. The summed E-state index contributed by atoms with van der Waals surface area (Å²) in [4.78, 5) is 10.9. The highest BCUT2D eigenvalue weighted by atomic mass is 16.2. The molecule has 0 aromatic rings. The van der Waals surface area contributed by atoms with Gasteiger partial charge in [0.15, 0.2) is 0 Å². The van der Waals surface area contributed by atoms with Crippen molar-refractivity contribution < 1.29 is 4.79 Å². The van der Waals surface area contributed by atoms with Gasteiger partial charge in [0.1, 0.15) is 0 Å². The zero-order valence-electron chi connectivity index (χ0n) is 8.47. The predicted octanol–water partition coefficient (Wildman–Crippen LogP) is 2.08. The molecule has 1 amide bonds. The number of hydrogen-bond acceptors (Lipinski definition) is 2. The first-order valence-electron chi connectivity index (χ1n) is 5.06. The van der Waals surface area contributed by atoms with Crippen molar-refractivity contribution in [1.82, 2.24) is 5.43 Å². The summed E-state index contributed by atoms with van der Waals surface area (Å²) in [6.45, 7) is 4.06. The summed E-state index contributed by atoms with van der Waals surface area (Å²) in [5.74, 6) is 0.733. The molecule has 0 aromatic heterocycles. The summed E-state index contributed by atoms with van der Waals surface area (Å²) in [6.07, 6.45) is 5.10. The lowest BCUT2D eigenvalue weighted by molar-refractivity contribution is -0.120. The fraction of sp³-hybridized carbons (Fsp3) is 0.800. The molecule has 0 aromatic carbocycles. The van der Waals surface area contributed by atoms with Gasteiger partial charge in [-0.05, 0) is 31.6 Å². The highest BCUT2D eigenvalue weighted by Crippen LogP contribution is 2.20. The lowest BCUT2D eigenvalue weighted by atomic mass is 9.89. The SMILES string of the molecule is CCC(=O)N/N=C1/CCCC(C)C1. The number of carbonyl (C=O) groups is 1. The Bertz CT molecular complexity index is 211. The maximum absolute atomic E-state index is 10.9. The van der Waals surface area contributed by atoms with E-state index in [2.05, 4.69) is 17.5 Å². The summed E-state index contributed by atoms with van der Waals surface area (Å²) in [5.41, 5.74) is 3.72. The molecule has 1 unspecified atom stereocenters. The molecule has 1 saturated carbocycles. The van der Waals surface area contributed by atoms with Crippen LogP contribution in [0, 0.1) is 5.92 Å². The second-order valence-corrected chi connectivity index (χ2v) is 3.77. The van der Waals surface area contributed by atoms with Crippen molar-refractivity contribution in [2.75, 3.05) is 0 Å². The monoisotopic (exact) mass is 182 g/mol. The van der Waals surface area contributed by atoms with Gasteiger partial charge in [-0.2, -0.15) is 5.10 Å². The number of hydrogen-bond donors (Lipinski definition) is 1. The van der Waals surface area contributed by atoms with E-state index in [1.807, 2.05) is 6.92 Å². The minimum atomic E-state index is 0.00530. The van der Waals surface area contributed by atoms with Crippen molar-refractivity contribution in [2.45, 2.75) is 46.0 Å². The number of amides is 1. The third-order valence-electron chi connectivity index (χ3n) is 2.41. The Morgan fingerprint density at radius 2 is 2.46 bits per heavy atom. The van der Waals surface area contributed by atoms with E-state index in [1.165, 1.54) is 12.8 Å². The average molecular weight is 182 g/mol. The van der Waals surface area contributed by atoms with Crippen LogP contribution in [0.2, 0.25) is 0 Å². The fourth-order valence-corrected chi connectivity index (χ4v) is 1.58. The van der Waals surface area contributed by atoms with Crippen LogP contribution >= 0.6 is 0 Å². The van der Waals surface area contributed by atoms with Gasteiger partial charge in [-0.3, -0.25) is 4.79 Å². The zero-order chi connectivity index (χ0) is 9.68. The van der Waals surface area contributed by atoms with Crippen LogP contribution in [0.3, 0.4) is 0 Å². The molecule has 0 aliphatic heterocycles. The molecule has 0 heterocycles. The van der Waals surface area contributed by atoms with Gasteiger partial charge in [0, 0.05) is 12.1 Å². The number of hydrazone groups is 1. The standard InChI is InChI=1S/C10H18N2O/c1-3-10(13)12-11-9-6-4-5-8(2)7-9/h8H,3-7H2,1-2H3,(H,12,13)/b11-9-. The van der Waals surface area contributed by atoms with Gasteiger partial charge < -0.3 is 0 Å². The highest BCUT2D eigenvalue weighted by molar-refractivity contribution is 5.86. The van der Waals surface area contributed by atoms with Crippen LogP contribution < -0.4 is 5.43 Å². The minimum absolute atomic E-state index is 0.00530. The van der Waals surface area contributed by atoms with Crippen molar-refractivity contribution in [3.63, 3.8) is 0 Å². The molecule has 1 aliphatic rings. The Morgan fingerprint density at radius 1 is 1.69 bits per heavy atom. The molecular weight excluding hydrogens is 164 g/mol. The summed E-state index contributed by atoms with van der Waals surface area (Å²) >= 11 is 0. The van der Waals surface area contributed by atoms with Gasteiger partial charge in [0.05, 0.1) is 0 Å². The molecule has 0 bridgehead atoms. The van der Waals surface area contributed by atoms with Crippen LogP contribution in [0.15, 0.2) is 5.10 Å². The Morgan fingerprint density at radius 3 is 3.08 bits per heavy atom. The molecule has 13 heavy (non-hydrogen) atoms. The number of nitrogens with zero attached hydrogens (tertiary/aromatic N) is 1.